The Morgan fingerprint density at radius 3 is 2.17 bits per heavy atom. The third-order valence-electron chi connectivity index (χ3n) is 5.57. The molecular weight excluding hydrogens is 394 g/mol. The number of rotatable bonds is 7. The molecular formula is C25H25NO3S. The normalized spacial score (nSPS) is 13.4. The molecule has 0 bridgehead atoms. The Morgan fingerprint density at radius 2 is 1.60 bits per heavy atom. The van der Waals surface area contributed by atoms with E-state index in [0.29, 0.717) is 6.42 Å². The number of benzene rings is 3. The largest absolute Gasteiger partial charge is 0.449 e. The first-order valence-corrected chi connectivity index (χ1v) is 11.3. The number of nitrogens with one attached hydrogen (secondary N) is 1. The van der Waals surface area contributed by atoms with Crippen LogP contribution in [0.4, 0.5) is 4.79 Å². The van der Waals surface area contributed by atoms with Gasteiger partial charge in [-0.3, -0.25) is 0 Å². The maximum absolute atomic E-state index is 12.6. The van der Waals surface area contributed by atoms with Crippen molar-refractivity contribution in [3.63, 3.8) is 0 Å². The van der Waals surface area contributed by atoms with Gasteiger partial charge in [-0.2, -0.15) is 0 Å². The molecule has 5 heteroatoms. The molecule has 3 aromatic carbocycles. The second kappa shape index (κ2) is 9.37. The van der Waals surface area contributed by atoms with Gasteiger partial charge in [-0.15, -0.1) is 11.8 Å². The zero-order valence-corrected chi connectivity index (χ0v) is 17.7. The number of carbonyl (C=O) groups is 1. The minimum absolute atomic E-state index is 0.0153. The van der Waals surface area contributed by atoms with Crippen molar-refractivity contribution in [3.8, 4) is 11.1 Å². The third kappa shape index (κ3) is 4.23. The third-order valence-corrected chi connectivity index (χ3v) is 6.32. The summed E-state index contributed by atoms with van der Waals surface area (Å²) in [4.78, 5) is 13.7. The fourth-order valence-electron chi connectivity index (χ4n) is 4.07. The Bertz CT molecular complexity index is 973. The maximum Gasteiger partial charge on any atom is 0.407 e. The van der Waals surface area contributed by atoms with Gasteiger partial charge in [0, 0.05) is 17.4 Å². The van der Waals surface area contributed by atoms with E-state index in [4.69, 9.17) is 4.74 Å². The topological polar surface area (TPSA) is 58.6 Å². The number of aliphatic hydroxyl groups is 1. The van der Waals surface area contributed by atoms with Crippen LogP contribution in [0.25, 0.3) is 11.1 Å². The Balaban J connectivity index is 1.45. The van der Waals surface area contributed by atoms with Crippen LogP contribution in [-0.2, 0) is 4.74 Å². The molecule has 0 spiro atoms. The van der Waals surface area contributed by atoms with E-state index >= 15 is 0 Å². The maximum atomic E-state index is 12.6. The first kappa shape index (κ1) is 20.5. The van der Waals surface area contributed by atoms with Gasteiger partial charge in [-0.05, 0) is 52.6 Å². The number of thioether (sulfide) groups is 1. The number of hydrogen-bond acceptors (Lipinski definition) is 4. The number of alkyl carbamates (subject to hydrolysis) is 1. The molecule has 1 aliphatic rings. The molecule has 0 aliphatic heterocycles. The van der Waals surface area contributed by atoms with Crippen LogP contribution in [0.3, 0.4) is 0 Å². The van der Waals surface area contributed by atoms with Gasteiger partial charge in [0.1, 0.15) is 6.61 Å². The van der Waals surface area contributed by atoms with E-state index in [1.165, 1.54) is 22.3 Å². The lowest BCUT2D eigenvalue weighted by Gasteiger charge is -2.20. The highest BCUT2D eigenvalue weighted by atomic mass is 32.2. The molecule has 1 atom stereocenters. The highest BCUT2D eigenvalue weighted by Crippen LogP contribution is 2.44. The van der Waals surface area contributed by atoms with E-state index in [-0.39, 0.29) is 25.2 Å². The van der Waals surface area contributed by atoms with Crippen molar-refractivity contribution in [1.29, 1.82) is 0 Å². The lowest BCUT2D eigenvalue weighted by molar-refractivity contribution is 0.136. The molecule has 30 heavy (non-hydrogen) atoms. The lowest BCUT2D eigenvalue weighted by atomic mass is 9.98. The van der Waals surface area contributed by atoms with Gasteiger partial charge in [0.05, 0.1) is 6.04 Å². The molecule has 0 radical (unpaired) electrons. The molecule has 4 rings (SSSR count). The molecule has 0 heterocycles. The van der Waals surface area contributed by atoms with E-state index in [9.17, 15) is 9.90 Å². The second-order valence-corrected chi connectivity index (χ2v) is 8.19. The molecule has 1 unspecified atom stereocenters. The van der Waals surface area contributed by atoms with Crippen LogP contribution in [-0.4, -0.2) is 30.7 Å². The molecule has 2 N–H and O–H groups in total. The monoisotopic (exact) mass is 419 g/mol. The van der Waals surface area contributed by atoms with Crippen LogP contribution in [0.2, 0.25) is 0 Å². The van der Waals surface area contributed by atoms with Crippen LogP contribution >= 0.6 is 11.8 Å². The Hall–Kier alpha value is -2.76. The molecule has 0 saturated carbocycles. The predicted molar refractivity (Wildman–Crippen MR) is 121 cm³/mol. The Kier molecular flexibility index (Phi) is 6.41. The van der Waals surface area contributed by atoms with Crippen molar-refractivity contribution >= 4 is 17.9 Å². The molecule has 4 nitrogen and oxygen atoms in total. The summed E-state index contributed by atoms with van der Waals surface area (Å²) in [6, 6.07) is 24.3. The van der Waals surface area contributed by atoms with Crippen LogP contribution in [0.5, 0.6) is 0 Å². The summed E-state index contributed by atoms with van der Waals surface area (Å²) in [5.41, 5.74) is 5.73. The van der Waals surface area contributed by atoms with E-state index in [2.05, 4.69) is 29.6 Å². The van der Waals surface area contributed by atoms with Crippen molar-refractivity contribution in [2.75, 3.05) is 19.5 Å². The number of hydrogen-bond donors (Lipinski definition) is 2. The van der Waals surface area contributed by atoms with Crippen LogP contribution in [0.15, 0.2) is 77.7 Å². The van der Waals surface area contributed by atoms with Crippen LogP contribution < -0.4 is 5.32 Å². The van der Waals surface area contributed by atoms with E-state index in [1.54, 1.807) is 11.8 Å². The van der Waals surface area contributed by atoms with Crippen molar-refractivity contribution in [2.45, 2.75) is 23.3 Å². The van der Waals surface area contributed by atoms with Crippen molar-refractivity contribution < 1.29 is 14.6 Å². The number of fused-ring (bicyclic) bond motifs is 3. The fraction of sp³-hybridized carbons (Fsp3) is 0.240. The van der Waals surface area contributed by atoms with E-state index < -0.39 is 6.09 Å². The van der Waals surface area contributed by atoms with Crippen molar-refractivity contribution in [3.05, 3.63) is 89.5 Å². The number of amides is 1. The average molecular weight is 420 g/mol. The smallest absolute Gasteiger partial charge is 0.407 e. The number of aliphatic hydroxyl groups excluding tert-OH is 1. The van der Waals surface area contributed by atoms with Gasteiger partial charge in [0.15, 0.2) is 0 Å². The summed E-state index contributed by atoms with van der Waals surface area (Å²) in [5, 5.41) is 12.4. The predicted octanol–water partition coefficient (Wildman–Crippen LogP) is 5.37. The van der Waals surface area contributed by atoms with Crippen LogP contribution in [0.1, 0.15) is 35.1 Å². The summed E-state index contributed by atoms with van der Waals surface area (Å²) < 4.78 is 5.65. The quantitative estimate of drug-likeness (QED) is 0.506. The van der Waals surface area contributed by atoms with Crippen LogP contribution in [0, 0.1) is 0 Å². The molecule has 154 valence electrons. The van der Waals surface area contributed by atoms with Crippen molar-refractivity contribution in [2.24, 2.45) is 0 Å². The summed E-state index contributed by atoms with van der Waals surface area (Å²) >= 11 is 1.67. The summed E-state index contributed by atoms with van der Waals surface area (Å²) in [6.07, 6.45) is 1.99. The van der Waals surface area contributed by atoms with Gasteiger partial charge in [0.2, 0.25) is 0 Å². The Morgan fingerprint density at radius 1 is 1.00 bits per heavy atom. The average Bonchev–Trinajstić information content (AvgIpc) is 3.11. The summed E-state index contributed by atoms with van der Waals surface area (Å²) in [7, 11) is 0. The summed E-state index contributed by atoms with van der Waals surface area (Å²) in [5.74, 6) is 0.0281. The molecule has 0 saturated heterocycles. The van der Waals surface area contributed by atoms with E-state index in [0.717, 1.165) is 10.5 Å². The fourth-order valence-corrected chi connectivity index (χ4v) is 4.48. The van der Waals surface area contributed by atoms with Gasteiger partial charge in [-0.25, -0.2) is 4.79 Å². The highest BCUT2D eigenvalue weighted by molar-refractivity contribution is 7.98. The SMILES string of the molecule is CSc1ccc(C(CCO)NC(=O)OCC2c3ccccc3-c3ccccc32)cc1. The molecule has 3 aromatic rings. The lowest BCUT2D eigenvalue weighted by Crippen LogP contribution is -2.31. The first-order chi connectivity index (χ1) is 14.7. The minimum atomic E-state index is -0.468. The standard InChI is InChI=1S/C25H25NO3S/c1-30-18-12-10-17(11-13-18)24(14-15-27)26-25(28)29-16-23-21-8-4-2-6-19(21)20-7-3-5-9-22(20)23/h2-13,23-24,27H,14-16H2,1H3,(H,26,28). The molecule has 0 fully saturated rings. The first-order valence-electron chi connectivity index (χ1n) is 10.1. The Labute approximate surface area is 181 Å². The van der Waals surface area contributed by atoms with Gasteiger partial charge >= 0.3 is 6.09 Å². The highest BCUT2D eigenvalue weighted by Gasteiger charge is 2.29. The second-order valence-electron chi connectivity index (χ2n) is 7.31. The zero-order valence-electron chi connectivity index (χ0n) is 16.9. The minimum Gasteiger partial charge on any atom is -0.449 e. The molecule has 1 amide bonds. The van der Waals surface area contributed by atoms with E-state index in [1.807, 2.05) is 54.8 Å². The van der Waals surface area contributed by atoms with Gasteiger partial charge < -0.3 is 15.2 Å². The number of carbonyl (C=O) groups excluding carboxylic acids is 1. The summed E-state index contributed by atoms with van der Waals surface area (Å²) in [6.45, 7) is 0.260. The molecule has 0 aromatic heterocycles. The van der Waals surface area contributed by atoms with Gasteiger partial charge in [-0.1, -0.05) is 60.7 Å². The van der Waals surface area contributed by atoms with Gasteiger partial charge in [0.25, 0.3) is 0 Å². The molecule has 1 aliphatic carbocycles. The zero-order chi connectivity index (χ0) is 20.9. The van der Waals surface area contributed by atoms with Crippen molar-refractivity contribution in [1.82, 2.24) is 5.32 Å². The number of ether oxygens (including phenoxy) is 1.